The van der Waals surface area contributed by atoms with Gasteiger partial charge in [-0.15, -0.1) is 45.9 Å². The van der Waals surface area contributed by atoms with E-state index in [9.17, 15) is 8.78 Å². The zero-order valence-electron chi connectivity index (χ0n) is 66.4. The van der Waals surface area contributed by atoms with Gasteiger partial charge in [-0.1, -0.05) is 247 Å². The molecular weight excluding hydrogens is 1830 g/mol. The summed E-state index contributed by atoms with van der Waals surface area (Å²) in [6.45, 7) is 13.9. The number of benzene rings is 6. The number of likely N-dealkylation sites (N-methyl/N-ethyl adjacent to an activating group) is 3. The molecule has 2 fully saturated rings. The number of nitrogens with one attached hydrogen (secondary N) is 2. The van der Waals surface area contributed by atoms with Crippen LogP contribution in [0.1, 0.15) is 97.9 Å². The van der Waals surface area contributed by atoms with Crippen LogP contribution in [0.3, 0.4) is 0 Å². The van der Waals surface area contributed by atoms with Crippen molar-refractivity contribution in [2.45, 2.75) is 102 Å². The van der Waals surface area contributed by atoms with E-state index in [4.69, 9.17) is 46.4 Å². The van der Waals surface area contributed by atoms with Crippen LogP contribution >= 0.6 is 84.9 Å². The third kappa shape index (κ3) is 20.0. The molecule has 0 spiro atoms. The maximum absolute atomic E-state index is 14.5. The van der Waals surface area contributed by atoms with E-state index >= 15 is 0 Å². The van der Waals surface area contributed by atoms with Gasteiger partial charge in [0.2, 0.25) is 5.65 Å². The Balaban J connectivity index is 0.000000155. The molecule has 2 N–H and O–H groups in total. The fraction of sp³-hybridized carbons (Fsp3) is 0.289. The molecule has 0 amide bonds. The van der Waals surface area contributed by atoms with Gasteiger partial charge >= 0.3 is 0 Å². The van der Waals surface area contributed by atoms with E-state index in [2.05, 4.69) is 148 Å². The molecule has 2 atom stereocenters. The van der Waals surface area contributed by atoms with Crippen LogP contribution in [0.15, 0.2) is 223 Å². The Morgan fingerprint density at radius 1 is 0.435 bits per heavy atom. The van der Waals surface area contributed by atoms with E-state index < -0.39 is 0 Å². The minimum absolute atomic E-state index is 0. The zero-order chi connectivity index (χ0) is 83.4. The number of fused-ring (bicyclic) bond motifs is 6. The van der Waals surface area contributed by atoms with E-state index in [1.54, 1.807) is 50.2 Å². The molecule has 646 valence electrons. The number of piperazine rings is 1. The van der Waals surface area contributed by atoms with Crippen molar-refractivity contribution in [1.82, 2.24) is 111 Å². The van der Waals surface area contributed by atoms with Crippen LogP contribution in [0.4, 0.5) is 8.78 Å². The van der Waals surface area contributed by atoms with Crippen LogP contribution in [0.2, 0.25) is 15.1 Å². The molecule has 6 aromatic carbocycles. The molecule has 8 aromatic heterocycles. The average molecular weight is 1930 g/mol. The molecule has 1 saturated carbocycles. The number of halogens is 8. The molecule has 1 aliphatic carbocycles. The van der Waals surface area contributed by atoms with Crippen molar-refractivity contribution in [3.8, 4) is 45.0 Å². The maximum Gasteiger partial charge on any atom is 0.205 e. The predicted octanol–water partition coefficient (Wildman–Crippen LogP) is 20.0. The SMILES string of the molecule is C.C.C.C.C.CC1=NN(C)C2NN=C(c3cccc(F)c3)C(Cl)=C12.CC1=NN(C)C2NN=C(c3ccccc3)C(F)=C12.CN1CCN(CCn2nc3nnc(-c4ccccc4)c(Cl)c3c2I)CC1.Cc1nn(C)c2nnc(-c3ccccc3)c(Br)c12.Cc1nn(C)c2nnc(-c3ccccc3)c(Cl)c12.Cn1nc(C2CC2)c2c(Cl)c(-c3ccccc3)nnc21. The third-order valence-electron chi connectivity index (χ3n) is 20.7. The predicted molar refractivity (Wildman–Crippen MR) is 513 cm³/mol. The highest BCUT2D eigenvalue weighted by Crippen LogP contribution is 2.46. The summed E-state index contributed by atoms with van der Waals surface area (Å²) in [5, 5.41) is 78.6. The van der Waals surface area contributed by atoms with E-state index in [1.165, 1.54) is 25.0 Å². The van der Waals surface area contributed by atoms with Crippen LogP contribution in [-0.4, -0.2) is 189 Å². The lowest BCUT2D eigenvalue weighted by Gasteiger charge is -2.32. The van der Waals surface area contributed by atoms with Crippen LogP contribution in [-0.2, 0) is 27.7 Å². The Labute approximate surface area is 763 Å². The van der Waals surface area contributed by atoms with Crippen molar-refractivity contribution in [2.24, 2.45) is 41.5 Å². The van der Waals surface area contributed by atoms with Crippen LogP contribution in [0.5, 0.6) is 0 Å². The highest BCUT2D eigenvalue weighted by molar-refractivity contribution is 14.1. The second kappa shape index (κ2) is 41.7. The van der Waals surface area contributed by atoms with Gasteiger partial charge in [-0.05, 0) is 98.2 Å². The van der Waals surface area contributed by atoms with Crippen molar-refractivity contribution in [3.05, 3.63) is 255 Å². The summed E-state index contributed by atoms with van der Waals surface area (Å²) in [6.07, 6.45) is 1.93. The number of rotatable bonds is 10. The molecule has 124 heavy (non-hydrogen) atoms. The molecule has 6 aliphatic rings. The first-order chi connectivity index (χ1) is 57.5. The summed E-state index contributed by atoms with van der Waals surface area (Å²) in [6, 6.07) is 55.1. The van der Waals surface area contributed by atoms with Gasteiger partial charge in [0.1, 0.15) is 43.7 Å². The van der Waals surface area contributed by atoms with Crippen molar-refractivity contribution >= 4 is 152 Å². The highest BCUT2D eigenvalue weighted by atomic mass is 127. The number of allylic oxidation sites excluding steroid dienone is 2. The molecule has 13 heterocycles. The number of aromatic nitrogens is 16. The lowest BCUT2D eigenvalue weighted by Crippen LogP contribution is -2.45. The van der Waals surface area contributed by atoms with Crippen molar-refractivity contribution in [3.63, 3.8) is 0 Å². The molecule has 0 bridgehead atoms. The highest BCUT2D eigenvalue weighted by Gasteiger charge is 2.37. The smallest absolute Gasteiger partial charge is 0.205 e. The van der Waals surface area contributed by atoms with Gasteiger partial charge in [0.05, 0.1) is 86.7 Å². The molecule has 1 saturated heterocycles. The molecule has 5 aliphatic heterocycles. The number of hydrogen-bond donors (Lipinski definition) is 2. The number of nitrogens with zero attached hydrogens (tertiary/aromatic N) is 24. The average Bonchev–Trinajstić information content (AvgIpc) is 2.14. The van der Waals surface area contributed by atoms with E-state index in [0.29, 0.717) is 77.0 Å². The third-order valence-corrected chi connectivity index (χ3v) is 24.0. The Kier molecular flexibility index (Phi) is 32.0. The topological polar surface area (TPSA) is 261 Å². The quantitative estimate of drug-likeness (QED) is 0.121. The van der Waals surface area contributed by atoms with Gasteiger partial charge in [-0.2, -0.15) is 35.7 Å². The van der Waals surface area contributed by atoms with Crippen LogP contribution in [0, 0.1) is 23.4 Å². The van der Waals surface area contributed by atoms with E-state index in [1.807, 2.05) is 205 Å². The van der Waals surface area contributed by atoms with E-state index in [-0.39, 0.29) is 61.1 Å². The Morgan fingerprint density at radius 2 is 0.847 bits per heavy atom. The van der Waals surface area contributed by atoms with Gasteiger partial charge in [-0.25, -0.2) is 22.8 Å². The summed E-state index contributed by atoms with van der Waals surface area (Å²) in [7, 11) is 11.4. The lowest BCUT2D eigenvalue weighted by atomic mass is 10.0. The maximum atomic E-state index is 14.5. The summed E-state index contributed by atoms with van der Waals surface area (Å²) in [4.78, 5) is 4.84. The fourth-order valence-electron chi connectivity index (χ4n) is 14.4. The first-order valence-electron chi connectivity index (χ1n) is 38.2. The van der Waals surface area contributed by atoms with Gasteiger partial charge in [0.25, 0.3) is 0 Å². The Bertz CT molecular complexity index is 6190. The Morgan fingerprint density at radius 3 is 1.35 bits per heavy atom. The van der Waals surface area contributed by atoms with Gasteiger partial charge in [0.15, 0.2) is 35.1 Å². The minimum atomic E-state index is -0.314. The summed E-state index contributed by atoms with van der Waals surface area (Å²) in [5.74, 6) is -0.0784. The molecule has 20 rings (SSSR count). The monoisotopic (exact) mass is 1930 g/mol. The number of hydrazone groups is 4. The molecule has 34 heteroatoms. The molecule has 2 unspecified atom stereocenters. The van der Waals surface area contributed by atoms with Gasteiger partial charge < -0.3 is 4.90 Å². The summed E-state index contributed by atoms with van der Waals surface area (Å²) in [5.41, 5.74) is 23.9. The second-order valence-electron chi connectivity index (χ2n) is 28.9. The lowest BCUT2D eigenvalue weighted by molar-refractivity contribution is 0.148. The van der Waals surface area contributed by atoms with Gasteiger partial charge in [0, 0.05) is 113 Å². The molecule has 14 aromatic rings. The fourth-order valence-corrected chi connectivity index (χ4v) is 17.6. The number of hydrogen-bond acceptors (Lipinski definition) is 22. The van der Waals surface area contributed by atoms with Crippen molar-refractivity contribution in [1.29, 1.82) is 0 Å². The van der Waals surface area contributed by atoms with Crippen molar-refractivity contribution in [2.75, 3.05) is 53.9 Å². The van der Waals surface area contributed by atoms with Crippen LogP contribution < -0.4 is 10.9 Å². The number of aryl methyl sites for hydroxylation is 5. The second-order valence-corrected chi connectivity index (χ2v) is 32.2. The Hall–Kier alpha value is -11.0. The normalized spacial score (nSPS) is 15.7. The van der Waals surface area contributed by atoms with Crippen LogP contribution in [0.25, 0.3) is 89.2 Å². The van der Waals surface area contributed by atoms with Gasteiger partial charge in [-0.3, -0.25) is 30.5 Å². The largest absolute Gasteiger partial charge is 0.304 e. The zero-order valence-corrected chi connectivity index (χ0v) is 73.2. The molecular formula is C90H100BrCl4F2IN26. The minimum Gasteiger partial charge on any atom is -0.304 e. The molecule has 0 radical (unpaired) electrons. The first-order valence-corrected chi connectivity index (χ1v) is 41.5. The summed E-state index contributed by atoms with van der Waals surface area (Å²) >= 11 is 32.1. The molecule has 26 nitrogen and oxygen atoms in total. The van der Waals surface area contributed by atoms with E-state index in [0.717, 1.165) is 148 Å². The summed E-state index contributed by atoms with van der Waals surface area (Å²) < 4.78 is 37.0. The van der Waals surface area contributed by atoms with Crippen molar-refractivity contribution < 1.29 is 8.78 Å². The first kappa shape index (κ1) is 95.3. The standard InChI is InChI=1S/C18H20ClIN6.C15H13ClN4.C13H11BrN4.C13H12ClFN4.C13H11ClN4.C13H13FN4.5CH4/c1-24-7-9-25(10-8-24)11-12-26-17(20)14-15(19)16(21-22-18(14)23-26)13-5-3-2-4-6-13;1-20-15-11(13(19-20)10-7-8-10)12(16)14(17-18-15)9-5-3-2-4-6-9;1-8-10-11(14)12(9-6-4-3-5-7-9)15-16-13(10)18(2)17-8;1-7-10-11(14)12(8-4-3-5-9(15)6-8)16-17-13(10)19(2)18-7;2*1-8-10-11(14)12(9-6-4-3-5-7-9)15-16-13(10)18(2)17-8;;;;;/h2-6H,7-12H2,1H3;2-6,10H,7-8H2,1H3;3-7H,1-2H3;3-6,13,17H,1-2H3;3-7H,1-2H3;3-7,13,16H,1-2H3;5*1H4.